The Hall–Kier alpha value is -12.4. The van der Waals surface area contributed by atoms with Gasteiger partial charge >= 0.3 is 39.0 Å². The summed E-state index contributed by atoms with van der Waals surface area (Å²) < 4.78 is 0. The van der Waals surface area contributed by atoms with Gasteiger partial charge in [0, 0.05) is 37.2 Å². The molecule has 5 heterocycles. The maximum atomic E-state index is 4.65. The van der Waals surface area contributed by atoms with Crippen molar-refractivity contribution in [2.75, 3.05) is 0 Å². The Bertz CT molecular complexity index is 5200. The normalized spacial score (nSPS) is 10.9. The fraction of sp³-hybridized carbons (Fsp3) is 0. The van der Waals surface area contributed by atoms with Gasteiger partial charge in [-0.3, -0.25) is 12.1 Å². The fourth-order valence-electron chi connectivity index (χ4n) is 13.7. The van der Waals surface area contributed by atoms with Gasteiger partial charge in [0.1, 0.15) is 0 Å². The van der Waals surface area contributed by atoms with Crippen molar-refractivity contribution in [2.45, 2.75) is 0 Å². The van der Waals surface area contributed by atoms with Crippen molar-refractivity contribution in [3.05, 3.63) is 389 Å². The quantitative estimate of drug-likeness (QED) is 0.0709. The third-order valence-corrected chi connectivity index (χ3v) is 18.6. The molecule has 17 rings (SSSR count). The van der Waals surface area contributed by atoms with E-state index in [9.17, 15) is 0 Å². The molecular formula is C96H58N6Rh2. The minimum Gasteiger partial charge on any atom is -0.333 e. The van der Waals surface area contributed by atoms with E-state index in [1.807, 2.05) is 104 Å². The Morgan fingerprint density at radius 1 is 0.183 bits per heavy atom. The molecule has 12 aromatic carbocycles. The summed E-state index contributed by atoms with van der Waals surface area (Å²) in [5.41, 5.74) is 30.7. The van der Waals surface area contributed by atoms with E-state index in [-0.39, 0.29) is 39.0 Å². The summed E-state index contributed by atoms with van der Waals surface area (Å²) in [6.45, 7) is 0. The molecule has 0 aliphatic carbocycles. The van der Waals surface area contributed by atoms with Gasteiger partial charge in [0.2, 0.25) is 0 Å². The summed E-state index contributed by atoms with van der Waals surface area (Å²) in [6, 6.07) is 132. The van der Waals surface area contributed by atoms with Crippen LogP contribution >= 0.6 is 0 Å². The van der Waals surface area contributed by atoms with Crippen LogP contribution in [0.4, 0.5) is 0 Å². The molecule has 0 amide bonds. The number of pyridine rings is 4. The maximum absolute atomic E-state index is 4.65. The molecule has 104 heavy (non-hydrogen) atoms. The number of aromatic nitrogens is 6. The van der Waals surface area contributed by atoms with E-state index >= 15 is 0 Å². The Labute approximate surface area is 631 Å². The zero-order valence-electron chi connectivity index (χ0n) is 55.8. The van der Waals surface area contributed by atoms with Crippen molar-refractivity contribution in [1.29, 1.82) is 0 Å². The van der Waals surface area contributed by atoms with Crippen LogP contribution in [0.15, 0.2) is 353 Å². The average molecular weight is 1500 g/mol. The summed E-state index contributed by atoms with van der Waals surface area (Å²) >= 11 is 0. The van der Waals surface area contributed by atoms with Gasteiger partial charge in [0.25, 0.3) is 0 Å². The third kappa shape index (κ3) is 14.1. The monoisotopic (exact) mass is 1500 g/mol. The van der Waals surface area contributed by atoms with Crippen molar-refractivity contribution in [2.24, 2.45) is 0 Å². The molecule has 0 aliphatic rings. The summed E-state index contributed by atoms with van der Waals surface area (Å²) in [6.07, 6.45) is 10.8. The van der Waals surface area contributed by atoms with Crippen molar-refractivity contribution in [1.82, 2.24) is 29.9 Å². The molecule has 0 unspecified atom stereocenters. The van der Waals surface area contributed by atoms with Gasteiger partial charge in [0.05, 0.1) is 0 Å². The first-order valence-corrected chi connectivity index (χ1v) is 33.8. The van der Waals surface area contributed by atoms with Gasteiger partial charge in [-0.1, -0.05) is 214 Å². The van der Waals surface area contributed by atoms with Crippen LogP contribution < -0.4 is 0 Å². The number of nitrogens with zero attached hydrogens (tertiary/aromatic N) is 6. The second-order valence-corrected chi connectivity index (χ2v) is 24.8. The van der Waals surface area contributed by atoms with Gasteiger partial charge in [0.15, 0.2) is 0 Å². The summed E-state index contributed by atoms with van der Waals surface area (Å²) in [5.74, 6) is 0.544. The molecule has 6 nitrogen and oxygen atoms in total. The van der Waals surface area contributed by atoms with Crippen molar-refractivity contribution in [3.63, 3.8) is 0 Å². The average Bonchev–Trinajstić information content (AvgIpc) is 0.759. The van der Waals surface area contributed by atoms with Crippen LogP contribution in [0, 0.1) is 36.4 Å². The summed E-state index contributed by atoms with van der Waals surface area (Å²) in [5, 5.41) is 0. The Kier molecular flexibility index (Phi) is 20.0. The minimum atomic E-state index is 0. The Balaban J connectivity index is 0.00000435. The molecule has 0 aliphatic heterocycles. The zero-order chi connectivity index (χ0) is 68.0. The van der Waals surface area contributed by atoms with E-state index in [1.54, 1.807) is 12.4 Å². The van der Waals surface area contributed by atoms with Gasteiger partial charge in [-0.2, -0.15) is 5.56 Å². The molecule has 0 bridgehead atoms. The standard InChI is InChI=1S/C96H58N6.2Rh/c1-5-23-85(81(19-1)65-33-41-69(42-34-65)91-29-9-13-53-97-91)75-59-76(86-24-6-2-20-82(86)66-35-43-70(44-36-66)92-30-10-14-54-98-92)62-79(61-75)89-27-17-28-90(95(89)73-49-51-74(52-50-73)96-101-57-18-58-102-96)80-63-77(87-25-7-3-21-83(87)67-37-45-71(46-38-67)93-31-11-15-55-99-93)60-78(64-80)88-26-8-4-22-84(88)68-39-47-72(48-40-68)94-32-12-16-56-100-94;;/h1-41,43,45,47,49-50,53-64H;;/q-6;2*+3. The number of benzene rings is 12. The molecule has 0 saturated carbocycles. The molecule has 0 spiro atoms. The molecule has 0 atom stereocenters. The number of hydrogen-bond acceptors (Lipinski definition) is 6. The first-order valence-electron chi connectivity index (χ1n) is 33.8. The fourth-order valence-corrected chi connectivity index (χ4v) is 13.7. The second kappa shape index (κ2) is 30.8. The van der Waals surface area contributed by atoms with Gasteiger partial charge in [-0.15, -0.1) is 119 Å². The van der Waals surface area contributed by atoms with Crippen LogP contribution in [0.2, 0.25) is 0 Å². The molecule has 0 saturated heterocycles. The van der Waals surface area contributed by atoms with Crippen LogP contribution in [0.5, 0.6) is 0 Å². The zero-order valence-corrected chi connectivity index (χ0v) is 59.1. The van der Waals surface area contributed by atoms with Gasteiger partial charge in [-0.25, -0.2) is 17.7 Å². The predicted octanol–water partition coefficient (Wildman–Crippen LogP) is 23.5. The topological polar surface area (TPSA) is 77.3 Å². The molecule has 0 N–H and O–H groups in total. The second-order valence-electron chi connectivity index (χ2n) is 24.8. The van der Waals surface area contributed by atoms with Crippen molar-refractivity contribution in [3.8, 4) is 179 Å². The first-order chi connectivity index (χ1) is 50.6. The molecule has 5 aromatic heterocycles. The third-order valence-electron chi connectivity index (χ3n) is 18.6. The van der Waals surface area contributed by atoms with Crippen LogP contribution in [-0.2, 0) is 39.0 Å². The van der Waals surface area contributed by atoms with Crippen LogP contribution in [0.25, 0.3) is 179 Å². The van der Waals surface area contributed by atoms with E-state index in [0.29, 0.717) is 11.4 Å². The van der Waals surface area contributed by atoms with E-state index in [2.05, 4.69) is 303 Å². The van der Waals surface area contributed by atoms with E-state index in [1.165, 1.54) is 0 Å². The predicted molar refractivity (Wildman–Crippen MR) is 413 cm³/mol. The number of hydrogen-bond donors (Lipinski definition) is 0. The molecule has 8 heteroatoms. The Morgan fingerprint density at radius 2 is 0.423 bits per heavy atom. The van der Waals surface area contributed by atoms with Crippen LogP contribution in [-0.4, -0.2) is 29.9 Å². The van der Waals surface area contributed by atoms with E-state index in [4.69, 9.17) is 0 Å². The molecular weight excluding hydrogens is 1440 g/mol. The first kappa shape index (κ1) is 67.4. The van der Waals surface area contributed by atoms with Crippen LogP contribution in [0.3, 0.4) is 0 Å². The van der Waals surface area contributed by atoms with E-state index < -0.39 is 0 Å². The molecule has 0 radical (unpaired) electrons. The van der Waals surface area contributed by atoms with Gasteiger partial charge < -0.3 is 29.9 Å². The van der Waals surface area contributed by atoms with Crippen LogP contribution in [0.1, 0.15) is 0 Å². The molecule has 0 fully saturated rings. The summed E-state index contributed by atoms with van der Waals surface area (Å²) in [7, 11) is 0. The molecule has 490 valence electrons. The number of rotatable bonds is 16. The van der Waals surface area contributed by atoms with Crippen molar-refractivity contribution < 1.29 is 39.0 Å². The van der Waals surface area contributed by atoms with Gasteiger partial charge in [-0.05, 0) is 162 Å². The molecule has 17 aromatic rings. The van der Waals surface area contributed by atoms with Crippen molar-refractivity contribution >= 4 is 0 Å². The maximum Gasteiger partial charge on any atom is 3.00 e. The smallest absolute Gasteiger partial charge is 0.333 e. The largest absolute Gasteiger partial charge is 3.00 e. The Morgan fingerprint density at radius 3 is 0.683 bits per heavy atom. The minimum absolute atomic E-state index is 0. The van der Waals surface area contributed by atoms with E-state index in [0.717, 1.165) is 167 Å². The summed E-state index contributed by atoms with van der Waals surface area (Å²) in [4.78, 5) is 27.9. The SMILES string of the molecule is [Rh+3].[Rh+3].[c-]1cc(-c2c(-c3cc(-c4ccccc4-c4c[c-]c(-c5ccccn5)cc4)cc(-c4ccccc4-c4c[c-]c(-c5ccccn5)cc4)c3)cccc2-c2cc(-c3ccccc3-c3c[c-]c(-c4ccccn4)cc3)cc(-c3ccccc3-c3c[c-]c(-c4ccccn4)cc3)c2)c[c-]c1-c1ncccn1.